The molecule has 0 bridgehead atoms. The van der Waals surface area contributed by atoms with E-state index in [9.17, 15) is 24.9 Å². The number of nitrogens with two attached hydrogens (primary N) is 1. The van der Waals surface area contributed by atoms with Crippen LogP contribution >= 0.6 is 0 Å². The summed E-state index contributed by atoms with van der Waals surface area (Å²) >= 11 is 0. The lowest BCUT2D eigenvalue weighted by Crippen LogP contribution is -2.45. The van der Waals surface area contributed by atoms with Crippen molar-refractivity contribution in [3.05, 3.63) is 82.3 Å². The number of methoxy groups -OCH3 is 3. The van der Waals surface area contributed by atoms with Crippen LogP contribution in [0.2, 0.25) is 0 Å². The van der Waals surface area contributed by atoms with E-state index in [1.54, 1.807) is 30.3 Å². The van der Waals surface area contributed by atoms with Crippen molar-refractivity contribution in [2.75, 3.05) is 26.2 Å². The minimum atomic E-state index is -2.04. The Labute approximate surface area is 207 Å². The number of rotatable bonds is 6. The highest BCUT2D eigenvalue weighted by Gasteiger charge is 2.44. The monoisotopic (exact) mass is 490 g/mol. The van der Waals surface area contributed by atoms with E-state index in [0.29, 0.717) is 5.56 Å². The van der Waals surface area contributed by atoms with E-state index in [1.165, 1.54) is 25.3 Å². The highest BCUT2D eigenvalue weighted by Crippen LogP contribution is 2.43. The predicted octanol–water partition coefficient (Wildman–Crippen LogP) is 0.236. The van der Waals surface area contributed by atoms with Gasteiger partial charge < -0.3 is 30.0 Å². The maximum absolute atomic E-state index is 13.2. The van der Waals surface area contributed by atoms with Gasteiger partial charge in [-0.2, -0.15) is 5.26 Å². The van der Waals surface area contributed by atoms with Gasteiger partial charge >= 0.3 is 19.1 Å². The van der Waals surface area contributed by atoms with Crippen LogP contribution in [-0.4, -0.2) is 56.3 Å². The molecule has 0 spiro atoms. The van der Waals surface area contributed by atoms with Crippen LogP contribution in [-0.2, 0) is 23.8 Å². The number of benzene rings is 2. The summed E-state index contributed by atoms with van der Waals surface area (Å²) in [7, 11) is 1.45. The number of allylic oxidation sites excluding steroid dienone is 1. The van der Waals surface area contributed by atoms with E-state index in [4.69, 9.17) is 25.4 Å². The van der Waals surface area contributed by atoms with Crippen molar-refractivity contribution in [1.82, 2.24) is 0 Å². The van der Waals surface area contributed by atoms with Crippen LogP contribution in [0.15, 0.2) is 71.2 Å². The Bertz CT molecular complexity index is 1320. The second-order valence-electron chi connectivity index (χ2n) is 7.52. The summed E-state index contributed by atoms with van der Waals surface area (Å²) in [6.07, 6.45) is 0. The maximum atomic E-state index is 13.2. The van der Waals surface area contributed by atoms with Gasteiger partial charge in [0.25, 0.3) is 0 Å². The van der Waals surface area contributed by atoms with Crippen molar-refractivity contribution >= 4 is 36.1 Å². The third-order valence-corrected chi connectivity index (χ3v) is 5.63. The highest BCUT2D eigenvalue weighted by atomic mass is 16.5. The largest absolute Gasteiger partial charge is 0.490 e. The molecule has 0 radical (unpaired) electrons. The molecule has 2 aromatic carbocycles. The quantitative estimate of drug-likeness (QED) is 0.190. The SMILES string of the molecule is COC(=N)c1ccc(B(O)O)c(N2C(N)=C(C#N)C(c3ccccc3)C(C(=O)OC)=C2C(=O)OC)c1. The molecule has 1 atom stereocenters. The summed E-state index contributed by atoms with van der Waals surface area (Å²) in [5.74, 6) is -3.54. The molecule has 0 aliphatic carbocycles. The average molecular weight is 490 g/mol. The summed E-state index contributed by atoms with van der Waals surface area (Å²) in [5.41, 5.74) is 6.16. The van der Waals surface area contributed by atoms with Crippen LogP contribution in [0, 0.1) is 16.7 Å². The van der Waals surface area contributed by atoms with Crippen molar-refractivity contribution in [3.63, 3.8) is 0 Å². The fraction of sp³-hybridized carbons (Fsp3) is 0.167. The Morgan fingerprint density at radius 3 is 2.22 bits per heavy atom. The van der Waals surface area contributed by atoms with Crippen LogP contribution < -0.4 is 16.1 Å². The molecule has 1 heterocycles. The molecular weight excluding hydrogens is 467 g/mol. The zero-order valence-corrected chi connectivity index (χ0v) is 19.7. The molecule has 12 heteroatoms. The standard InChI is InChI=1S/C24H23BN4O7/c1-34-22(28)14-9-10-16(25(32)33)17(11-14)29-20(24(31)36-3)19(23(30)35-2)18(15(12-26)21(29)27)13-7-5-4-6-8-13/h4-11,18,28,32-33H,27H2,1-3H3. The Balaban J connectivity index is 2.49. The van der Waals surface area contributed by atoms with Gasteiger partial charge in [-0.3, -0.25) is 10.3 Å². The first-order chi connectivity index (χ1) is 17.2. The lowest BCUT2D eigenvalue weighted by Gasteiger charge is -2.37. The highest BCUT2D eigenvalue weighted by molar-refractivity contribution is 6.60. The van der Waals surface area contributed by atoms with E-state index in [2.05, 4.69) is 0 Å². The lowest BCUT2D eigenvalue weighted by atomic mass is 9.76. The Morgan fingerprint density at radius 2 is 1.69 bits per heavy atom. The molecule has 3 rings (SSSR count). The molecule has 5 N–H and O–H groups in total. The number of nitrogens with one attached hydrogen (secondary N) is 1. The van der Waals surface area contributed by atoms with Crippen LogP contribution in [0.25, 0.3) is 0 Å². The zero-order valence-electron chi connectivity index (χ0n) is 19.7. The van der Waals surface area contributed by atoms with Crippen molar-refractivity contribution in [3.8, 4) is 6.07 Å². The Morgan fingerprint density at radius 1 is 1.06 bits per heavy atom. The Kier molecular flexibility index (Phi) is 7.78. The van der Waals surface area contributed by atoms with Gasteiger partial charge in [-0.15, -0.1) is 0 Å². The molecule has 0 aromatic heterocycles. The number of anilines is 1. The van der Waals surface area contributed by atoms with Gasteiger partial charge in [0, 0.05) is 16.7 Å². The smallest absolute Gasteiger partial charge is 0.481 e. The minimum absolute atomic E-state index is 0.0946. The van der Waals surface area contributed by atoms with Gasteiger partial charge in [-0.05, 0) is 17.7 Å². The number of nitrogens with zero attached hydrogens (tertiary/aromatic N) is 2. The second kappa shape index (κ2) is 10.8. The van der Waals surface area contributed by atoms with Crippen LogP contribution in [0.5, 0.6) is 0 Å². The number of ether oxygens (including phenoxy) is 3. The lowest BCUT2D eigenvalue weighted by molar-refractivity contribution is -0.139. The molecule has 0 amide bonds. The molecule has 1 aliphatic rings. The van der Waals surface area contributed by atoms with E-state index < -0.39 is 30.7 Å². The van der Waals surface area contributed by atoms with Crippen molar-refractivity contribution in [2.24, 2.45) is 5.73 Å². The topological polar surface area (TPSA) is 179 Å². The maximum Gasteiger partial charge on any atom is 0.490 e. The first-order valence-electron chi connectivity index (χ1n) is 10.5. The molecule has 2 aromatic rings. The fourth-order valence-electron chi connectivity index (χ4n) is 3.98. The summed E-state index contributed by atoms with van der Waals surface area (Å²) in [5, 5.41) is 38.2. The van der Waals surface area contributed by atoms with Gasteiger partial charge in [-0.25, -0.2) is 9.59 Å². The van der Waals surface area contributed by atoms with Crippen LogP contribution in [0.1, 0.15) is 17.0 Å². The van der Waals surface area contributed by atoms with Crippen molar-refractivity contribution in [1.29, 1.82) is 10.7 Å². The van der Waals surface area contributed by atoms with Crippen LogP contribution in [0.4, 0.5) is 5.69 Å². The van der Waals surface area contributed by atoms with E-state index >= 15 is 0 Å². The first kappa shape index (κ1) is 26.0. The van der Waals surface area contributed by atoms with E-state index in [1.807, 2.05) is 6.07 Å². The molecule has 184 valence electrons. The van der Waals surface area contributed by atoms with Crippen molar-refractivity contribution in [2.45, 2.75) is 5.92 Å². The molecule has 1 aliphatic heterocycles. The molecule has 0 saturated carbocycles. The summed E-state index contributed by atoms with van der Waals surface area (Å²) in [6.45, 7) is 0. The normalized spacial score (nSPS) is 15.2. The van der Waals surface area contributed by atoms with E-state index in [-0.39, 0.29) is 39.6 Å². The fourth-order valence-corrected chi connectivity index (χ4v) is 3.98. The minimum Gasteiger partial charge on any atom is -0.481 e. The summed E-state index contributed by atoms with van der Waals surface area (Å²) in [4.78, 5) is 27.3. The third kappa shape index (κ3) is 4.53. The van der Waals surface area contributed by atoms with Gasteiger partial charge in [0.15, 0.2) is 0 Å². The third-order valence-electron chi connectivity index (χ3n) is 5.63. The number of nitriles is 1. The van der Waals surface area contributed by atoms with E-state index in [0.717, 1.165) is 19.1 Å². The van der Waals surface area contributed by atoms with Gasteiger partial charge in [0.05, 0.1) is 44.5 Å². The molecule has 1 unspecified atom stereocenters. The molecule has 36 heavy (non-hydrogen) atoms. The zero-order chi connectivity index (χ0) is 26.6. The average Bonchev–Trinajstić information content (AvgIpc) is 2.90. The summed E-state index contributed by atoms with van der Waals surface area (Å²) < 4.78 is 14.9. The molecule has 0 fully saturated rings. The number of hydrogen-bond donors (Lipinski definition) is 4. The molecule has 0 saturated heterocycles. The number of esters is 2. The number of hydrogen-bond acceptors (Lipinski definition) is 11. The first-order valence-corrected chi connectivity index (χ1v) is 10.5. The predicted molar refractivity (Wildman–Crippen MR) is 130 cm³/mol. The van der Waals surface area contributed by atoms with Crippen molar-refractivity contribution < 1.29 is 33.8 Å². The van der Waals surface area contributed by atoms with Gasteiger partial charge in [-0.1, -0.05) is 36.4 Å². The molecule has 11 nitrogen and oxygen atoms in total. The summed E-state index contributed by atoms with van der Waals surface area (Å²) in [6, 6.07) is 14.5. The van der Waals surface area contributed by atoms with Gasteiger partial charge in [0.1, 0.15) is 11.5 Å². The Hall–Kier alpha value is -4.60. The number of carbonyl (C=O) groups excluding carboxylic acids is 2. The number of carbonyl (C=O) groups is 2. The molecular formula is C24H23BN4O7. The van der Waals surface area contributed by atoms with Gasteiger partial charge in [0.2, 0.25) is 5.90 Å². The van der Waals surface area contributed by atoms with Crippen LogP contribution in [0.3, 0.4) is 0 Å². The second-order valence-corrected chi connectivity index (χ2v) is 7.52.